The first kappa shape index (κ1) is 17.2. The first-order valence-corrected chi connectivity index (χ1v) is 7.64. The molecule has 3 nitrogen and oxygen atoms in total. The SMILES string of the molecule is O=C(NCCOc1ccccc1F)c1ccc(SC(F)F)cc1. The molecule has 0 radical (unpaired) electrons. The summed E-state index contributed by atoms with van der Waals surface area (Å²) in [6.07, 6.45) is 0. The van der Waals surface area contributed by atoms with Crippen LogP contribution < -0.4 is 10.1 Å². The van der Waals surface area contributed by atoms with Crippen LogP contribution in [0.3, 0.4) is 0 Å². The van der Waals surface area contributed by atoms with Crippen LogP contribution in [0, 0.1) is 5.82 Å². The van der Waals surface area contributed by atoms with E-state index in [1.54, 1.807) is 12.1 Å². The largest absolute Gasteiger partial charge is 0.489 e. The van der Waals surface area contributed by atoms with Gasteiger partial charge in [-0.1, -0.05) is 23.9 Å². The van der Waals surface area contributed by atoms with Gasteiger partial charge in [-0.05, 0) is 36.4 Å². The van der Waals surface area contributed by atoms with Gasteiger partial charge in [0.2, 0.25) is 0 Å². The van der Waals surface area contributed by atoms with Crippen molar-refractivity contribution in [3.05, 3.63) is 59.9 Å². The lowest BCUT2D eigenvalue weighted by Crippen LogP contribution is -2.28. The number of carbonyl (C=O) groups excluding carboxylic acids is 1. The molecule has 1 N–H and O–H groups in total. The zero-order chi connectivity index (χ0) is 16.7. The monoisotopic (exact) mass is 341 g/mol. The van der Waals surface area contributed by atoms with Gasteiger partial charge in [0.1, 0.15) is 6.61 Å². The maximum absolute atomic E-state index is 13.3. The summed E-state index contributed by atoms with van der Waals surface area (Å²) >= 11 is 0.419. The maximum Gasteiger partial charge on any atom is 0.288 e. The maximum atomic E-state index is 13.3. The summed E-state index contributed by atoms with van der Waals surface area (Å²) in [6.45, 7) is 0.312. The van der Waals surface area contributed by atoms with Gasteiger partial charge < -0.3 is 10.1 Å². The molecule has 7 heteroatoms. The molecule has 0 saturated heterocycles. The topological polar surface area (TPSA) is 38.3 Å². The van der Waals surface area contributed by atoms with Crippen LogP contribution in [0.2, 0.25) is 0 Å². The highest BCUT2D eigenvalue weighted by molar-refractivity contribution is 7.99. The molecular formula is C16H14F3NO2S. The summed E-state index contributed by atoms with van der Waals surface area (Å²) in [5.41, 5.74) is 0.356. The van der Waals surface area contributed by atoms with E-state index >= 15 is 0 Å². The van der Waals surface area contributed by atoms with Crippen LogP contribution >= 0.6 is 11.8 Å². The number of halogens is 3. The summed E-state index contributed by atoms with van der Waals surface area (Å²) in [6, 6.07) is 11.8. The molecule has 0 aliphatic carbocycles. The number of benzene rings is 2. The highest BCUT2D eigenvalue weighted by Gasteiger charge is 2.08. The molecule has 0 aromatic heterocycles. The number of hydrogen-bond acceptors (Lipinski definition) is 3. The first-order chi connectivity index (χ1) is 11.1. The number of amides is 1. The molecule has 2 aromatic carbocycles. The Morgan fingerprint density at radius 1 is 1.13 bits per heavy atom. The fourth-order valence-electron chi connectivity index (χ4n) is 1.78. The Balaban J connectivity index is 1.77. The third-order valence-corrected chi connectivity index (χ3v) is 3.55. The molecule has 23 heavy (non-hydrogen) atoms. The predicted molar refractivity (Wildman–Crippen MR) is 82.5 cm³/mol. The van der Waals surface area contributed by atoms with Gasteiger partial charge >= 0.3 is 0 Å². The number of hydrogen-bond donors (Lipinski definition) is 1. The van der Waals surface area contributed by atoms with Crippen LogP contribution in [-0.4, -0.2) is 24.8 Å². The second-order valence-electron chi connectivity index (χ2n) is 4.44. The van der Waals surface area contributed by atoms with Crippen LogP contribution in [0.15, 0.2) is 53.4 Å². The third kappa shape index (κ3) is 5.52. The van der Waals surface area contributed by atoms with Crippen molar-refractivity contribution in [2.24, 2.45) is 0 Å². The molecule has 0 aliphatic rings. The normalized spacial score (nSPS) is 10.6. The molecule has 0 fully saturated rings. The van der Waals surface area contributed by atoms with Crippen molar-refractivity contribution in [2.75, 3.05) is 13.2 Å². The molecule has 0 bridgehead atoms. The Morgan fingerprint density at radius 3 is 2.48 bits per heavy atom. The minimum Gasteiger partial charge on any atom is -0.489 e. The van der Waals surface area contributed by atoms with Gasteiger partial charge in [-0.15, -0.1) is 0 Å². The van der Waals surface area contributed by atoms with E-state index in [0.29, 0.717) is 22.2 Å². The fourth-order valence-corrected chi connectivity index (χ4v) is 2.28. The molecule has 0 unspecified atom stereocenters. The number of rotatable bonds is 7. The van der Waals surface area contributed by atoms with Gasteiger partial charge in [-0.25, -0.2) is 4.39 Å². The van der Waals surface area contributed by atoms with Crippen molar-refractivity contribution in [1.82, 2.24) is 5.32 Å². The lowest BCUT2D eigenvalue weighted by Gasteiger charge is -2.08. The highest BCUT2D eigenvalue weighted by atomic mass is 32.2. The van der Waals surface area contributed by atoms with Crippen molar-refractivity contribution in [1.29, 1.82) is 0 Å². The molecule has 0 spiro atoms. The van der Waals surface area contributed by atoms with Crippen LogP contribution in [0.5, 0.6) is 5.75 Å². The fraction of sp³-hybridized carbons (Fsp3) is 0.188. The Kier molecular flexibility index (Phi) is 6.34. The van der Waals surface area contributed by atoms with Gasteiger partial charge in [0.05, 0.1) is 6.54 Å². The number of carbonyl (C=O) groups is 1. The molecule has 0 atom stereocenters. The Labute approximate surface area is 135 Å². The molecule has 0 saturated carbocycles. The second-order valence-corrected chi connectivity index (χ2v) is 5.50. The molecule has 122 valence electrons. The molecule has 0 heterocycles. The van der Waals surface area contributed by atoms with Crippen LogP contribution in [0.25, 0.3) is 0 Å². The molecule has 1 amide bonds. The molecule has 0 aliphatic heterocycles. The van der Waals surface area contributed by atoms with E-state index < -0.39 is 11.6 Å². The van der Waals surface area contributed by atoms with E-state index in [4.69, 9.17) is 4.74 Å². The number of nitrogens with one attached hydrogen (secondary N) is 1. The third-order valence-electron chi connectivity index (χ3n) is 2.82. The van der Waals surface area contributed by atoms with Crippen LogP contribution in [-0.2, 0) is 0 Å². The summed E-state index contributed by atoms with van der Waals surface area (Å²) < 4.78 is 42.9. The summed E-state index contributed by atoms with van der Waals surface area (Å²) in [5.74, 6) is -3.19. The van der Waals surface area contributed by atoms with Crippen molar-refractivity contribution in [3.63, 3.8) is 0 Å². The Bertz CT molecular complexity index is 650. The Hall–Kier alpha value is -2.15. The average molecular weight is 341 g/mol. The zero-order valence-corrected chi connectivity index (χ0v) is 12.8. The van der Waals surface area contributed by atoms with E-state index in [-0.39, 0.29) is 24.8 Å². The zero-order valence-electron chi connectivity index (χ0n) is 12.0. The minimum absolute atomic E-state index is 0.117. The van der Waals surface area contributed by atoms with Crippen molar-refractivity contribution in [2.45, 2.75) is 10.7 Å². The lowest BCUT2D eigenvalue weighted by molar-refractivity contribution is 0.0946. The van der Waals surface area contributed by atoms with Crippen molar-refractivity contribution >= 4 is 17.7 Å². The quantitative estimate of drug-likeness (QED) is 0.612. The van der Waals surface area contributed by atoms with Crippen molar-refractivity contribution in [3.8, 4) is 5.75 Å². The van der Waals surface area contributed by atoms with Crippen LogP contribution in [0.1, 0.15) is 10.4 Å². The van der Waals surface area contributed by atoms with E-state index in [1.807, 2.05) is 0 Å². The minimum atomic E-state index is -2.50. The van der Waals surface area contributed by atoms with Gasteiger partial charge in [0.15, 0.2) is 11.6 Å². The Morgan fingerprint density at radius 2 is 1.83 bits per heavy atom. The lowest BCUT2D eigenvalue weighted by atomic mass is 10.2. The number of alkyl halides is 2. The highest BCUT2D eigenvalue weighted by Crippen LogP contribution is 2.25. The summed E-state index contributed by atoms with van der Waals surface area (Å²) in [5, 5.41) is 2.61. The van der Waals surface area contributed by atoms with Gasteiger partial charge in [0.25, 0.3) is 11.7 Å². The van der Waals surface area contributed by atoms with Crippen molar-refractivity contribution < 1.29 is 22.7 Å². The molecule has 2 rings (SSSR count). The standard InChI is InChI=1S/C16H14F3NO2S/c17-13-3-1-2-4-14(13)22-10-9-20-15(21)11-5-7-12(8-6-11)23-16(18)19/h1-8,16H,9-10H2,(H,20,21). The van der Waals surface area contributed by atoms with Crippen LogP contribution in [0.4, 0.5) is 13.2 Å². The summed E-state index contributed by atoms with van der Waals surface area (Å²) in [4.78, 5) is 12.2. The number of para-hydroxylation sites is 1. The van der Waals surface area contributed by atoms with E-state index in [1.165, 1.54) is 36.4 Å². The second kappa shape index (κ2) is 8.47. The van der Waals surface area contributed by atoms with Gasteiger partial charge in [-0.3, -0.25) is 4.79 Å². The average Bonchev–Trinajstić information content (AvgIpc) is 2.53. The first-order valence-electron chi connectivity index (χ1n) is 6.76. The van der Waals surface area contributed by atoms with E-state index in [9.17, 15) is 18.0 Å². The van der Waals surface area contributed by atoms with Gasteiger partial charge in [0, 0.05) is 10.5 Å². The summed E-state index contributed by atoms with van der Waals surface area (Å²) in [7, 11) is 0. The van der Waals surface area contributed by atoms with E-state index in [0.717, 1.165) is 0 Å². The molecule has 2 aromatic rings. The molecular weight excluding hydrogens is 327 g/mol. The van der Waals surface area contributed by atoms with E-state index in [2.05, 4.69) is 5.32 Å². The number of thioether (sulfide) groups is 1. The van der Waals surface area contributed by atoms with Gasteiger partial charge in [-0.2, -0.15) is 8.78 Å². The number of ether oxygens (including phenoxy) is 1. The smallest absolute Gasteiger partial charge is 0.288 e. The predicted octanol–water partition coefficient (Wildman–Crippen LogP) is 3.95.